The number of rotatable bonds is 8. The van der Waals surface area contributed by atoms with Crippen LogP contribution in [0, 0.1) is 0 Å². The van der Waals surface area contributed by atoms with Crippen molar-refractivity contribution in [2.45, 2.75) is 43.4 Å². The van der Waals surface area contributed by atoms with Crippen LogP contribution < -0.4 is 5.32 Å². The summed E-state index contributed by atoms with van der Waals surface area (Å²) in [6, 6.07) is 15.5. The summed E-state index contributed by atoms with van der Waals surface area (Å²) in [7, 11) is 0. The first-order valence-corrected chi connectivity index (χ1v) is 11.6. The van der Waals surface area contributed by atoms with E-state index >= 15 is 0 Å². The minimum atomic E-state index is -0.169. The van der Waals surface area contributed by atoms with E-state index in [-0.39, 0.29) is 17.7 Å². The molecule has 1 N–H and O–H groups in total. The molecule has 1 aliphatic rings. The zero-order chi connectivity index (χ0) is 21.1. The largest absolute Gasteiger partial charge is 0.349 e. The van der Waals surface area contributed by atoms with Gasteiger partial charge in [-0.25, -0.2) is 0 Å². The maximum absolute atomic E-state index is 12.5. The summed E-state index contributed by atoms with van der Waals surface area (Å²) in [6.45, 7) is 2.63. The highest BCUT2D eigenvalue weighted by Gasteiger charge is 2.30. The van der Waals surface area contributed by atoms with E-state index in [4.69, 9.17) is 23.2 Å². The minimum Gasteiger partial charge on any atom is -0.349 e. The smallest absolute Gasteiger partial charge is 0.230 e. The lowest BCUT2D eigenvalue weighted by atomic mass is 10.1. The molecule has 2 aromatic carbocycles. The Morgan fingerprint density at radius 1 is 1.17 bits per heavy atom. The van der Waals surface area contributed by atoms with E-state index in [2.05, 4.69) is 32.2 Å². The second-order valence-corrected chi connectivity index (χ2v) is 9.20. The van der Waals surface area contributed by atoms with E-state index in [0.717, 1.165) is 29.4 Å². The number of thioether (sulfide) groups is 1. The lowest BCUT2D eigenvalue weighted by Crippen LogP contribution is -2.28. The molecule has 1 heterocycles. The summed E-state index contributed by atoms with van der Waals surface area (Å²) in [5, 5.41) is 13.5. The van der Waals surface area contributed by atoms with Crippen LogP contribution in [-0.2, 0) is 11.3 Å². The van der Waals surface area contributed by atoms with Crippen molar-refractivity contribution >= 4 is 40.9 Å². The summed E-state index contributed by atoms with van der Waals surface area (Å²) >= 11 is 13.5. The number of benzene rings is 2. The highest BCUT2D eigenvalue weighted by atomic mass is 35.5. The molecule has 5 nitrogen and oxygen atoms in total. The first-order valence-electron chi connectivity index (χ1n) is 9.85. The molecule has 3 aromatic rings. The molecule has 156 valence electrons. The molecule has 30 heavy (non-hydrogen) atoms. The predicted octanol–water partition coefficient (Wildman–Crippen LogP) is 5.48. The van der Waals surface area contributed by atoms with E-state index < -0.39 is 0 Å². The summed E-state index contributed by atoms with van der Waals surface area (Å²) in [4.78, 5) is 12.5. The Balaban J connectivity index is 1.40. The lowest BCUT2D eigenvalue weighted by Gasteiger charge is -2.15. The van der Waals surface area contributed by atoms with Crippen LogP contribution in [0.5, 0.6) is 0 Å². The van der Waals surface area contributed by atoms with Crippen LogP contribution in [0.4, 0.5) is 0 Å². The van der Waals surface area contributed by atoms with E-state index in [9.17, 15) is 4.79 Å². The zero-order valence-electron chi connectivity index (χ0n) is 16.5. The van der Waals surface area contributed by atoms with Crippen molar-refractivity contribution in [2.75, 3.05) is 5.75 Å². The Bertz CT molecular complexity index is 1040. The maximum atomic E-state index is 12.5. The van der Waals surface area contributed by atoms with Gasteiger partial charge >= 0.3 is 0 Å². The third kappa shape index (κ3) is 5.17. The van der Waals surface area contributed by atoms with Crippen molar-refractivity contribution in [2.24, 2.45) is 0 Å². The second kappa shape index (κ2) is 9.41. The fourth-order valence-electron chi connectivity index (χ4n) is 3.24. The number of amides is 1. The molecule has 0 aliphatic heterocycles. The molecule has 1 atom stereocenters. The Morgan fingerprint density at radius 2 is 1.93 bits per heavy atom. The van der Waals surface area contributed by atoms with Crippen LogP contribution in [0.15, 0.2) is 53.7 Å². The molecular formula is C22H22Cl2N4OS. The third-order valence-electron chi connectivity index (χ3n) is 5.02. The van der Waals surface area contributed by atoms with Crippen LogP contribution in [-0.4, -0.2) is 26.4 Å². The molecule has 0 spiro atoms. The number of hydrogen-bond donors (Lipinski definition) is 1. The van der Waals surface area contributed by atoms with Gasteiger partial charge in [-0.2, -0.15) is 0 Å². The number of carbonyl (C=O) groups excluding carboxylic acids is 1. The number of halogens is 2. The highest BCUT2D eigenvalue weighted by molar-refractivity contribution is 7.99. The number of nitrogens with zero attached hydrogens (tertiary/aromatic N) is 3. The molecule has 0 radical (unpaired) electrons. The molecule has 1 aromatic heterocycles. The minimum absolute atomic E-state index is 0.0687. The van der Waals surface area contributed by atoms with Crippen molar-refractivity contribution in [3.8, 4) is 0 Å². The Hall–Kier alpha value is -2.02. The number of hydrogen-bond acceptors (Lipinski definition) is 4. The Kier molecular flexibility index (Phi) is 6.66. The fourth-order valence-corrected chi connectivity index (χ4v) is 4.31. The standard InChI is InChI=1S/C22H22Cl2N4OS/c1-14(17-9-10-18(23)19(24)11-17)25-20(29)13-30-22-27-26-21(16-7-8-16)28(22)12-15-5-3-2-4-6-15/h2-6,9-11,14,16H,7-8,12-13H2,1H3,(H,25,29)/t14-/m0/s1. The molecule has 1 fully saturated rings. The van der Waals surface area contributed by atoms with Crippen LogP contribution in [0.3, 0.4) is 0 Å². The molecular weight excluding hydrogens is 439 g/mol. The average Bonchev–Trinajstić information content (AvgIpc) is 3.51. The highest BCUT2D eigenvalue weighted by Crippen LogP contribution is 2.40. The molecule has 8 heteroatoms. The van der Waals surface area contributed by atoms with Crippen molar-refractivity contribution in [1.29, 1.82) is 0 Å². The molecule has 0 bridgehead atoms. The number of aromatic nitrogens is 3. The third-order valence-corrected chi connectivity index (χ3v) is 6.73. The Morgan fingerprint density at radius 3 is 2.63 bits per heavy atom. The Labute approximate surface area is 190 Å². The topological polar surface area (TPSA) is 59.8 Å². The summed E-state index contributed by atoms with van der Waals surface area (Å²) < 4.78 is 2.15. The molecule has 1 amide bonds. The van der Waals surface area contributed by atoms with Gasteiger partial charge in [0.25, 0.3) is 0 Å². The van der Waals surface area contributed by atoms with E-state index in [1.54, 1.807) is 12.1 Å². The first-order chi connectivity index (χ1) is 14.5. The number of carbonyl (C=O) groups is 1. The molecule has 0 saturated heterocycles. The molecule has 1 aliphatic carbocycles. The van der Waals surface area contributed by atoms with E-state index in [1.807, 2.05) is 31.2 Å². The number of nitrogens with one attached hydrogen (secondary N) is 1. The fraction of sp³-hybridized carbons (Fsp3) is 0.318. The van der Waals surface area contributed by atoms with Crippen molar-refractivity contribution in [3.63, 3.8) is 0 Å². The SMILES string of the molecule is C[C@H](NC(=O)CSc1nnc(C2CC2)n1Cc1ccccc1)c1ccc(Cl)c(Cl)c1. The average molecular weight is 461 g/mol. The zero-order valence-corrected chi connectivity index (χ0v) is 18.8. The van der Waals surface area contributed by atoms with Gasteiger partial charge in [-0.1, -0.05) is 71.4 Å². The van der Waals surface area contributed by atoms with Gasteiger partial charge < -0.3 is 9.88 Å². The van der Waals surface area contributed by atoms with Gasteiger partial charge in [-0.05, 0) is 43.0 Å². The van der Waals surface area contributed by atoms with Crippen molar-refractivity contribution < 1.29 is 4.79 Å². The second-order valence-electron chi connectivity index (χ2n) is 7.44. The quantitative estimate of drug-likeness (QED) is 0.452. The molecule has 0 unspecified atom stereocenters. The maximum Gasteiger partial charge on any atom is 0.230 e. The van der Waals surface area contributed by atoms with Gasteiger partial charge in [0.2, 0.25) is 5.91 Å². The predicted molar refractivity (Wildman–Crippen MR) is 121 cm³/mol. The van der Waals surface area contributed by atoms with E-state index in [0.29, 0.717) is 22.5 Å². The normalized spacial score (nSPS) is 14.5. The van der Waals surface area contributed by atoms with Crippen molar-refractivity contribution in [3.05, 3.63) is 75.5 Å². The first kappa shape index (κ1) is 21.2. The summed E-state index contributed by atoms with van der Waals surface area (Å²) in [5.41, 5.74) is 2.10. The van der Waals surface area contributed by atoms with E-state index in [1.165, 1.54) is 17.3 Å². The van der Waals surface area contributed by atoms with Gasteiger partial charge in [0, 0.05) is 5.92 Å². The van der Waals surface area contributed by atoms with Crippen LogP contribution in [0.2, 0.25) is 10.0 Å². The lowest BCUT2D eigenvalue weighted by molar-refractivity contribution is -0.119. The molecule has 4 rings (SSSR count). The van der Waals surface area contributed by atoms with Crippen LogP contribution in [0.25, 0.3) is 0 Å². The monoisotopic (exact) mass is 460 g/mol. The summed E-state index contributed by atoms with van der Waals surface area (Å²) in [5.74, 6) is 1.70. The summed E-state index contributed by atoms with van der Waals surface area (Å²) in [6.07, 6.45) is 2.30. The van der Waals surface area contributed by atoms with Gasteiger partial charge in [-0.3, -0.25) is 4.79 Å². The van der Waals surface area contributed by atoms with Gasteiger partial charge in [0.1, 0.15) is 5.82 Å². The van der Waals surface area contributed by atoms with Gasteiger partial charge in [-0.15, -0.1) is 10.2 Å². The molecule has 1 saturated carbocycles. The van der Waals surface area contributed by atoms with Gasteiger partial charge in [0.05, 0.1) is 28.4 Å². The van der Waals surface area contributed by atoms with Gasteiger partial charge in [0.15, 0.2) is 5.16 Å². The van der Waals surface area contributed by atoms with Crippen LogP contribution in [0.1, 0.15) is 48.7 Å². The van der Waals surface area contributed by atoms with Crippen molar-refractivity contribution in [1.82, 2.24) is 20.1 Å². The van der Waals surface area contributed by atoms with Crippen LogP contribution >= 0.6 is 35.0 Å².